The molecule has 0 aliphatic carbocycles. The summed E-state index contributed by atoms with van der Waals surface area (Å²) in [5.41, 5.74) is 0.817. The summed E-state index contributed by atoms with van der Waals surface area (Å²) in [6.07, 6.45) is 0. The van der Waals surface area contributed by atoms with Crippen LogP contribution in [0.15, 0.2) is 34.5 Å². The van der Waals surface area contributed by atoms with E-state index in [1.807, 2.05) is 13.8 Å². The summed E-state index contributed by atoms with van der Waals surface area (Å²) >= 11 is 1.36. The fourth-order valence-electron chi connectivity index (χ4n) is 1.81. The van der Waals surface area contributed by atoms with Gasteiger partial charge in [-0.1, -0.05) is 0 Å². The molecule has 1 aromatic carbocycles. The molecule has 0 atom stereocenters. The highest BCUT2D eigenvalue weighted by Crippen LogP contribution is 2.19. The molecule has 24 heavy (non-hydrogen) atoms. The molecule has 2 aromatic rings. The molecule has 0 bridgehead atoms. The number of aromatic nitrogens is 1. The minimum atomic E-state index is -3.48. The number of nitrogens with one attached hydrogen (secondary N) is 2. The number of anilines is 2. The predicted molar refractivity (Wildman–Crippen MR) is 96.1 cm³/mol. The van der Waals surface area contributed by atoms with E-state index in [4.69, 9.17) is 0 Å². The van der Waals surface area contributed by atoms with E-state index < -0.39 is 10.0 Å². The molecule has 0 unspecified atom stereocenters. The fraction of sp³-hybridized carbons (Fsp3) is 0.333. The SMILES string of the molecule is CC(C)Nc1nc(C(=O)Nc2ccc(S(=O)(=O)N(C)C)cc2)cs1. The average Bonchev–Trinajstić information content (AvgIpc) is 2.95. The number of sulfonamides is 1. The first kappa shape index (κ1) is 18.4. The first-order valence-corrected chi connectivity index (χ1v) is 9.58. The highest BCUT2D eigenvalue weighted by Gasteiger charge is 2.17. The second-order valence-electron chi connectivity index (χ2n) is 5.60. The molecular formula is C15H20N4O3S2. The van der Waals surface area contributed by atoms with Gasteiger partial charge in [0.2, 0.25) is 10.0 Å². The van der Waals surface area contributed by atoms with Gasteiger partial charge in [-0.25, -0.2) is 17.7 Å². The number of carbonyl (C=O) groups excluding carboxylic acids is 1. The van der Waals surface area contributed by atoms with Crippen molar-refractivity contribution < 1.29 is 13.2 Å². The Balaban J connectivity index is 2.08. The molecule has 1 heterocycles. The van der Waals surface area contributed by atoms with Crippen molar-refractivity contribution in [2.45, 2.75) is 24.8 Å². The summed E-state index contributed by atoms with van der Waals surface area (Å²) in [5, 5.41) is 8.19. The molecule has 0 aliphatic heterocycles. The maximum Gasteiger partial charge on any atom is 0.275 e. The second kappa shape index (κ2) is 7.29. The first-order valence-electron chi connectivity index (χ1n) is 7.26. The monoisotopic (exact) mass is 368 g/mol. The van der Waals surface area contributed by atoms with Gasteiger partial charge < -0.3 is 10.6 Å². The highest BCUT2D eigenvalue weighted by molar-refractivity contribution is 7.89. The molecule has 7 nitrogen and oxygen atoms in total. The zero-order valence-corrected chi connectivity index (χ0v) is 15.5. The summed E-state index contributed by atoms with van der Waals surface area (Å²) in [7, 11) is -0.544. The lowest BCUT2D eigenvalue weighted by Crippen LogP contribution is -2.22. The smallest absolute Gasteiger partial charge is 0.275 e. The third-order valence-corrected chi connectivity index (χ3v) is 5.64. The summed E-state index contributed by atoms with van der Waals surface area (Å²) in [5.74, 6) is -0.341. The molecule has 1 amide bonds. The summed E-state index contributed by atoms with van der Waals surface area (Å²) in [6.45, 7) is 3.98. The Morgan fingerprint density at radius 3 is 2.38 bits per heavy atom. The first-order chi connectivity index (χ1) is 11.2. The number of hydrogen-bond donors (Lipinski definition) is 2. The van der Waals surface area contributed by atoms with Crippen LogP contribution >= 0.6 is 11.3 Å². The van der Waals surface area contributed by atoms with Crippen LogP contribution in [0.3, 0.4) is 0 Å². The Labute approximate surface area is 145 Å². The van der Waals surface area contributed by atoms with E-state index in [-0.39, 0.29) is 16.8 Å². The molecule has 0 saturated heterocycles. The number of rotatable bonds is 6. The maximum absolute atomic E-state index is 12.2. The lowest BCUT2D eigenvalue weighted by Gasteiger charge is -2.11. The topological polar surface area (TPSA) is 91.4 Å². The zero-order valence-electron chi connectivity index (χ0n) is 13.9. The van der Waals surface area contributed by atoms with Crippen molar-refractivity contribution in [3.8, 4) is 0 Å². The van der Waals surface area contributed by atoms with Crippen LogP contribution in [0.25, 0.3) is 0 Å². The Kier molecular flexibility index (Phi) is 5.58. The molecule has 9 heteroatoms. The minimum Gasteiger partial charge on any atom is -0.359 e. The predicted octanol–water partition coefficient (Wildman–Crippen LogP) is 2.47. The van der Waals surface area contributed by atoms with Crippen LogP contribution < -0.4 is 10.6 Å². The van der Waals surface area contributed by atoms with Crippen LogP contribution in [-0.2, 0) is 10.0 Å². The second-order valence-corrected chi connectivity index (χ2v) is 8.61. The zero-order chi connectivity index (χ0) is 17.9. The van der Waals surface area contributed by atoms with Gasteiger partial charge in [0.15, 0.2) is 5.13 Å². The van der Waals surface area contributed by atoms with Gasteiger partial charge in [0, 0.05) is 31.2 Å². The van der Waals surface area contributed by atoms with Gasteiger partial charge in [-0.3, -0.25) is 4.79 Å². The van der Waals surface area contributed by atoms with Gasteiger partial charge in [-0.15, -0.1) is 11.3 Å². The van der Waals surface area contributed by atoms with Crippen LogP contribution in [0.4, 0.5) is 10.8 Å². The van der Waals surface area contributed by atoms with E-state index in [1.54, 1.807) is 17.5 Å². The van der Waals surface area contributed by atoms with E-state index in [2.05, 4.69) is 15.6 Å². The van der Waals surface area contributed by atoms with Crippen molar-refractivity contribution in [2.24, 2.45) is 0 Å². The lowest BCUT2D eigenvalue weighted by molar-refractivity contribution is 0.102. The average molecular weight is 368 g/mol. The lowest BCUT2D eigenvalue weighted by atomic mass is 10.3. The summed E-state index contributed by atoms with van der Waals surface area (Å²) in [6, 6.07) is 6.25. The number of amides is 1. The normalized spacial score (nSPS) is 11.8. The molecule has 0 saturated carbocycles. The molecular weight excluding hydrogens is 348 g/mol. The molecule has 130 valence electrons. The standard InChI is InChI=1S/C15H20N4O3S2/c1-10(2)16-15-18-13(9-23-15)14(20)17-11-5-7-12(8-6-11)24(21,22)19(3)4/h5-10H,1-4H3,(H,16,18)(H,17,20). The summed E-state index contributed by atoms with van der Waals surface area (Å²) in [4.78, 5) is 16.6. The van der Waals surface area contributed by atoms with Crippen LogP contribution in [0, 0.1) is 0 Å². The Morgan fingerprint density at radius 2 is 1.83 bits per heavy atom. The third kappa shape index (κ3) is 4.31. The fourth-order valence-corrected chi connectivity index (χ4v) is 3.55. The van der Waals surface area contributed by atoms with E-state index >= 15 is 0 Å². The molecule has 0 spiro atoms. The molecule has 0 radical (unpaired) electrons. The minimum absolute atomic E-state index is 0.169. The molecule has 0 aliphatic rings. The van der Waals surface area contributed by atoms with Gasteiger partial charge in [0.1, 0.15) is 5.69 Å². The molecule has 1 aromatic heterocycles. The van der Waals surface area contributed by atoms with Crippen molar-refractivity contribution in [1.82, 2.24) is 9.29 Å². The van der Waals surface area contributed by atoms with Crippen LogP contribution in [0.1, 0.15) is 24.3 Å². The Hall–Kier alpha value is -1.97. The number of thiazole rings is 1. The van der Waals surface area contributed by atoms with Crippen LogP contribution in [0.2, 0.25) is 0 Å². The van der Waals surface area contributed by atoms with Crippen molar-refractivity contribution in [1.29, 1.82) is 0 Å². The van der Waals surface area contributed by atoms with E-state index in [9.17, 15) is 13.2 Å². The van der Waals surface area contributed by atoms with Crippen molar-refractivity contribution in [2.75, 3.05) is 24.7 Å². The quantitative estimate of drug-likeness (QED) is 0.817. The van der Waals surface area contributed by atoms with E-state index in [1.165, 1.54) is 37.6 Å². The Morgan fingerprint density at radius 1 is 1.21 bits per heavy atom. The number of hydrogen-bond acceptors (Lipinski definition) is 6. The van der Waals surface area contributed by atoms with E-state index in [0.717, 1.165) is 4.31 Å². The van der Waals surface area contributed by atoms with Gasteiger partial charge in [-0.2, -0.15) is 0 Å². The molecule has 2 N–H and O–H groups in total. The highest BCUT2D eigenvalue weighted by atomic mass is 32.2. The van der Waals surface area contributed by atoms with Gasteiger partial charge in [-0.05, 0) is 38.1 Å². The van der Waals surface area contributed by atoms with Crippen LogP contribution in [-0.4, -0.2) is 43.8 Å². The summed E-state index contributed by atoms with van der Waals surface area (Å²) < 4.78 is 25.1. The molecule has 0 fully saturated rings. The molecule has 2 rings (SSSR count). The number of nitrogens with zero attached hydrogens (tertiary/aromatic N) is 2. The van der Waals surface area contributed by atoms with Gasteiger partial charge in [0.05, 0.1) is 4.90 Å². The van der Waals surface area contributed by atoms with Crippen molar-refractivity contribution in [3.63, 3.8) is 0 Å². The van der Waals surface area contributed by atoms with E-state index in [0.29, 0.717) is 16.5 Å². The largest absolute Gasteiger partial charge is 0.359 e. The maximum atomic E-state index is 12.2. The van der Waals surface area contributed by atoms with Gasteiger partial charge in [0.25, 0.3) is 5.91 Å². The van der Waals surface area contributed by atoms with Crippen molar-refractivity contribution in [3.05, 3.63) is 35.3 Å². The third-order valence-electron chi connectivity index (χ3n) is 3.04. The Bertz CT molecular complexity index is 811. The number of carbonyl (C=O) groups is 1. The van der Waals surface area contributed by atoms with Crippen molar-refractivity contribution >= 4 is 38.1 Å². The number of benzene rings is 1. The van der Waals surface area contributed by atoms with Gasteiger partial charge >= 0.3 is 0 Å². The van der Waals surface area contributed by atoms with Crippen LogP contribution in [0.5, 0.6) is 0 Å².